The molecule has 2 aromatic rings. The Kier molecular flexibility index (Phi) is 3.87. The number of nitrogens with one attached hydrogen (secondary N) is 1. The van der Waals surface area contributed by atoms with Crippen LogP contribution in [-0.2, 0) is 10.0 Å². The van der Waals surface area contributed by atoms with E-state index in [1.807, 2.05) is 13.1 Å². The molecule has 3 rings (SSSR count). The number of benzene rings is 1. The number of pyridine rings is 1. The van der Waals surface area contributed by atoms with E-state index in [1.54, 1.807) is 18.3 Å². The van der Waals surface area contributed by atoms with Crippen LogP contribution in [0.3, 0.4) is 0 Å². The Hall–Kier alpha value is -1.94. The van der Waals surface area contributed by atoms with Crippen molar-refractivity contribution in [3.05, 3.63) is 36.2 Å². The predicted octanol–water partition coefficient (Wildman–Crippen LogP) is 1.20. The van der Waals surface area contributed by atoms with Crippen LogP contribution in [0.15, 0.2) is 35.5 Å². The number of sulfonamides is 1. The highest BCUT2D eigenvalue weighted by atomic mass is 32.2. The van der Waals surface area contributed by atoms with E-state index in [0.29, 0.717) is 24.0 Å². The molecule has 0 aliphatic carbocycles. The average Bonchev–Trinajstić information content (AvgIpc) is 3.03. The van der Waals surface area contributed by atoms with E-state index in [0.717, 1.165) is 11.8 Å². The lowest BCUT2D eigenvalue weighted by Gasteiger charge is -2.18. The van der Waals surface area contributed by atoms with Crippen LogP contribution in [0.2, 0.25) is 0 Å². The molecule has 1 fully saturated rings. The number of hydrogen-bond acceptors (Lipinski definition) is 4. The maximum atomic E-state index is 13.0. The number of terminal acetylenes is 1. The zero-order valence-corrected chi connectivity index (χ0v) is 13.1. The van der Waals surface area contributed by atoms with Gasteiger partial charge in [-0.2, -0.15) is 4.31 Å². The quantitative estimate of drug-likeness (QED) is 0.865. The molecule has 5 nitrogen and oxygen atoms in total. The molecule has 2 heterocycles. The summed E-state index contributed by atoms with van der Waals surface area (Å²) in [6.07, 6.45) is 9.49. The third-order valence-electron chi connectivity index (χ3n) is 4.08. The zero-order chi connectivity index (χ0) is 15.7. The second-order valence-electron chi connectivity index (χ2n) is 5.32. The smallest absolute Gasteiger partial charge is 0.243 e. The first-order chi connectivity index (χ1) is 10.6. The molecule has 0 saturated carbocycles. The van der Waals surface area contributed by atoms with Crippen molar-refractivity contribution < 1.29 is 8.42 Å². The molecule has 1 atom stereocenters. The summed E-state index contributed by atoms with van der Waals surface area (Å²) in [5.41, 5.74) is 0.501. The van der Waals surface area contributed by atoms with Gasteiger partial charge in [-0.05, 0) is 19.5 Å². The minimum absolute atomic E-state index is 0.193. The molecule has 22 heavy (non-hydrogen) atoms. The van der Waals surface area contributed by atoms with E-state index in [2.05, 4.69) is 16.2 Å². The fourth-order valence-corrected chi connectivity index (χ4v) is 4.58. The molecule has 0 spiro atoms. The Morgan fingerprint density at radius 2 is 2.23 bits per heavy atom. The molecule has 6 heteroatoms. The van der Waals surface area contributed by atoms with Crippen LogP contribution < -0.4 is 5.32 Å². The van der Waals surface area contributed by atoms with Crippen molar-refractivity contribution in [3.8, 4) is 12.3 Å². The second kappa shape index (κ2) is 5.69. The van der Waals surface area contributed by atoms with Crippen LogP contribution >= 0.6 is 0 Å². The van der Waals surface area contributed by atoms with Crippen molar-refractivity contribution >= 4 is 20.8 Å². The van der Waals surface area contributed by atoms with Gasteiger partial charge in [0.1, 0.15) is 0 Å². The SMILES string of the molecule is C#Cc1cncc2cccc(S(=O)(=O)N3CC[C@H](NC)C3)c12. The number of hydrogen-bond donors (Lipinski definition) is 1. The normalized spacial score (nSPS) is 19.4. The molecule has 1 aromatic heterocycles. The molecule has 0 amide bonds. The molecule has 0 unspecified atom stereocenters. The minimum Gasteiger partial charge on any atom is -0.316 e. The second-order valence-corrected chi connectivity index (χ2v) is 7.23. The maximum Gasteiger partial charge on any atom is 0.243 e. The van der Waals surface area contributed by atoms with Gasteiger partial charge in [0, 0.05) is 42.3 Å². The van der Waals surface area contributed by atoms with Gasteiger partial charge >= 0.3 is 0 Å². The van der Waals surface area contributed by atoms with Crippen molar-refractivity contribution in [2.75, 3.05) is 20.1 Å². The minimum atomic E-state index is -3.57. The first kappa shape index (κ1) is 15.0. The summed E-state index contributed by atoms with van der Waals surface area (Å²) >= 11 is 0. The van der Waals surface area contributed by atoms with Crippen LogP contribution in [0.25, 0.3) is 10.8 Å². The van der Waals surface area contributed by atoms with Gasteiger partial charge in [-0.25, -0.2) is 8.42 Å². The molecule has 1 N–H and O–H groups in total. The lowest BCUT2D eigenvalue weighted by atomic mass is 10.1. The Balaban J connectivity index is 2.16. The van der Waals surface area contributed by atoms with E-state index in [9.17, 15) is 8.42 Å². The molecule has 1 aromatic carbocycles. The summed E-state index contributed by atoms with van der Waals surface area (Å²) in [5.74, 6) is 2.54. The van der Waals surface area contributed by atoms with Gasteiger partial charge in [0.2, 0.25) is 10.0 Å². The summed E-state index contributed by atoms with van der Waals surface area (Å²) in [4.78, 5) is 4.33. The van der Waals surface area contributed by atoms with Gasteiger partial charge in [-0.15, -0.1) is 6.42 Å². The number of fused-ring (bicyclic) bond motifs is 1. The van der Waals surface area contributed by atoms with Crippen molar-refractivity contribution in [2.24, 2.45) is 0 Å². The van der Waals surface area contributed by atoms with E-state index in [4.69, 9.17) is 6.42 Å². The average molecular weight is 315 g/mol. The molecule has 0 bridgehead atoms. The molecule has 114 valence electrons. The van der Waals surface area contributed by atoms with Crippen LogP contribution in [0, 0.1) is 12.3 Å². The number of rotatable bonds is 3. The number of likely N-dealkylation sites (N-methyl/N-ethyl adjacent to an activating group) is 1. The lowest BCUT2D eigenvalue weighted by molar-refractivity contribution is 0.465. The highest BCUT2D eigenvalue weighted by Gasteiger charge is 2.33. The van der Waals surface area contributed by atoms with Crippen LogP contribution in [0.1, 0.15) is 12.0 Å². The Labute approximate surface area is 130 Å². The van der Waals surface area contributed by atoms with Gasteiger partial charge in [-0.3, -0.25) is 4.98 Å². The van der Waals surface area contributed by atoms with E-state index in [1.165, 1.54) is 10.5 Å². The molecule has 1 saturated heterocycles. The highest BCUT2D eigenvalue weighted by Crippen LogP contribution is 2.29. The zero-order valence-electron chi connectivity index (χ0n) is 12.3. The molecule has 0 radical (unpaired) electrons. The summed E-state index contributed by atoms with van der Waals surface area (Å²) in [6, 6.07) is 5.36. The van der Waals surface area contributed by atoms with Gasteiger partial charge in [0.25, 0.3) is 0 Å². The Bertz CT molecular complexity index is 850. The fraction of sp³-hybridized carbons (Fsp3) is 0.312. The third kappa shape index (κ3) is 2.37. The van der Waals surface area contributed by atoms with Gasteiger partial charge in [0.15, 0.2) is 0 Å². The van der Waals surface area contributed by atoms with E-state index < -0.39 is 10.0 Å². The van der Waals surface area contributed by atoms with Crippen LogP contribution in [-0.4, -0.2) is 43.9 Å². The van der Waals surface area contributed by atoms with E-state index >= 15 is 0 Å². The van der Waals surface area contributed by atoms with Crippen molar-refractivity contribution in [1.29, 1.82) is 0 Å². The van der Waals surface area contributed by atoms with Gasteiger partial charge in [0.05, 0.1) is 10.5 Å². The van der Waals surface area contributed by atoms with E-state index in [-0.39, 0.29) is 10.9 Å². The summed E-state index contributed by atoms with van der Waals surface area (Å²) < 4.78 is 27.5. The summed E-state index contributed by atoms with van der Waals surface area (Å²) in [5, 5.41) is 4.44. The van der Waals surface area contributed by atoms with Crippen molar-refractivity contribution in [1.82, 2.24) is 14.6 Å². The fourth-order valence-electron chi connectivity index (χ4n) is 2.85. The van der Waals surface area contributed by atoms with Crippen molar-refractivity contribution in [3.63, 3.8) is 0 Å². The first-order valence-electron chi connectivity index (χ1n) is 7.08. The molecular formula is C16H17N3O2S. The Morgan fingerprint density at radius 1 is 1.41 bits per heavy atom. The molecular weight excluding hydrogens is 298 g/mol. The number of aromatic nitrogens is 1. The first-order valence-corrected chi connectivity index (χ1v) is 8.52. The van der Waals surface area contributed by atoms with Crippen LogP contribution in [0.5, 0.6) is 0 Å². The predicted molar refractivity (Wildman–Crippen MR) is 85.9 cm³/mol. The molecule has 1 aliphatic heterocycles. The monoisotopic (exact) mass is 315 g/mol. The summed E-state index contributed by atoms with van der Waals surface area (Å²) in [6.45, 7) is 0.992. The molecule has 1 aliphatic rings. The van der Waals surface area contributed by atoms with Gasteiger partial charge < -0.3 is 5.32 Å². The summed E-state index contributed by atoms with van der Waals surface area (Å²) in [7, 11) is -1.72. The highest BCUT2D eigenvalue weighted by molar-refractivity contribution is 7.89. The Morgan fingerprint density at radius 3 is 2.91 bits per heavy atom. The largest absolute Gasteiger partial charge is 0.316 e. The van der Waals surface area contributed by atoms with Crippen LogP contribution in [0.4, 0.5) is 0 Å². The van der Waals surface area contributed by atoms with Crippen molar-refractivity contribution in [2.45, 2.75) is 17.4 Å². The van der Waals surface area contributed by atoms with Gasteiger partial charge in [-0.1, -0.05) is 18.1 Å². The number of nitrogens with zero attached hydrogens (tertiary/aromatic N) is 2. The topological polar surface area (TPSA) is 62.3 Å². The lowest BCUT2D eigenvalue weighted by Crippen LogP contribution is -2.33. The standard InChI is InChI=1S/C16H17N3O2S/c1-3-12-9-18-10-13-5-4-6-15(16(12)13)22(20,21)19-8-7-14(11-19)17-2/h1,4-6,9-10,14,17H,7-8,11H2,2H3/t14-/m0/s1. The third-order valence-corrected chi connectivity index (χ3v) is 5.99. The maximum absolute atomic E-state index is 13.0.